The molecule has 0 heterocycles. The van der Waals surface area contributed by atoms with Crippen LogP contribution < -0.4 is 10.1 Å². The molecule has 0 radical (unpaired) electrons. The zero-order chi connectivity index (χ0) is 12.8. The summed E-state index contributed by atoms with van der Waals surface area (Å²) in [6, 6.07) is 6.19. The third kappa shape index (κ3) is 4.21. The fourth-order valence-electron chi connectivity index (χ4n) is 1.66. The molecule has 0 amide bonds. The van der Waals surface area contributed by atoms with Gasteiger partial charge < -0.3 is 10.1 Å². The number of nitrogens with one attached hydrogen (secondary N) is 1. The quantitative estimate of drug-likeness (QED) is 0.823. The maximum Gasteiger partial charge on any atom is 0.121 e. The normalized spacial score (nSPS) is 14.4. The summed E-state index contributed by atoms with van der Waals surface area (Å²) in [6.07, 6.45) is 1.22. The second kappa shape index (κ2) is 6.87. The molecule has 2 nitrogen and oxygen atoms in total. The monoisotopic (exact) mass is 255 g/mol. The summed E-state index contributed by atoms with van der Waals surface area (Å²) in [7, 11) is 0. The van der Waals surface area contributed by atoms with Crippen LogP contribution in [0.15, 0.2) is 18.2 Å². The molecule has 1 aromatic rings. The van der Waals surface area contributed by atoms with E-state index in [9.17, 15) is 0 Å². The van der Waals surface area contributed by atoms with Crippen LogP contribution in [0.2, 0.25) is 5.02 Å². The average Bonchev–Trinajstić information content (AvgIpc) is 2.29. The van der Waals surface area contributed by atoms with E-state index in [2.05, 4.69) is 33.0 Å². The molecule has 17 heavy (non-hydrogen) atoms. The molecule has 1 aromatic carbocycles. The lowest BCUT2D eigenvalue weighted by Crippen LogP contribution is -2.18. The first-order valence-corrected chi connectivity index (χ1v) is 6.65. The van der Waals surface area contributed by atoms with Crippen LogP contribution in [-0.2, 0) is 0 Å². The van der Waals surface area contributed by atoms with Crippen molar-refractivity contribution in [3.05, 3.63) is 28.8 Å². The van der Waals surface area contributed by atoms with Crippen molar-refractivity contribution in [1.82, 2.24) is 5.32 Å². The Morgan fingerprint density at radius 2 is 2.00 bits per heavy atom. The van der Waals surface area contributed by atoms with Crippen LogP contribution >= 0.6 is 11.6 Å². The van der Waals surface area contributed by atoms with E-state index in [-0.39, 0.29) is 12.1 Å². The average molecular weight is 256 g/mol. The second-order valence-corrected chi connectivity index (χ2v) is 4.71. The predicted octanol–water partition coefficient (Wildman–Crippen LogP) is 4.19. The summed E-state index contributed by atoms with van der Waals surface area (Å²) in [5, 5.41) is 4.11. The van der Waals surface area contributed by atoms with Crippen molar-refractivity contribution in [2.45, 2.75) is 46.3 Å². The second-order valence-electron chi connectivity index (χ2n) is 4.30. The largest absolute Gasteiger partial charge is 0.491 e. The Hall–Kier alpha value is -0.730. The predicted molar refractivity (Wildman–Crippen MR) is 73.9 cm³/mol. The molecule has 0 saturated heterocycles. The van der Waals surface area contributed by atoms with Gasteiger partial charge in [0.05, 0.1) is 6.10 Å². The Bertz CT molecular complexity index is 354. The van der Waals surface area contributed by atoms with Crippen molar-refractivity contribution in [2.75, 3.05) is 6.54 Å². The Morgan fingerprint density at radius 1 is 1.29 bits per heavy atom. The number of rotatable bonds is 6. The number of hydrogen-bond acceptors (Lipinski definition) is 2. The summed E-state index contributed by atoms with van der Waals surface area (Å²) < 4.78 is 5.73. The first-order valence-electron chi connectivity index (χ1n) is 6.27. The van der Waals surface area contributed by atoms with E-state index in [0.29, 0.717) is 0 Å². The summed E-state index contributed by atoms with van der Waals surface area (Å²) in [5.74, 6) is 0.844. The van der Waals surface area contributed by atoms with Gasteiger partial charge in [0.1, 0.15) is 5.75 Å². The lowest BCUT2D eigenvalue weighted by Gasteiger charge is -2.17. The molecule has 0 bridgehead atoms. The van der Waals surface area contributed by atoms with Crippen LogP contribution in [0.25, 0.3) is 0 Å². The van der Waals surface area contributed by atoms with Crippen molar-refractivity contribution in [3.8, 4) is 5.75 Å². The third-order valence-corrected chi connectivity index (χ3v) is 3.19. The number of hydrogen-bond donors (Lipinski definition) is 1. The first kappa shape index (κ1) is 14.3. The van der Waals surface area contributed by atoms with E-state index in [1.54, 1.807) is 0 Å². The SMILES string of the molecule is CCNC(C)c1ccc(OC(C)CC)cc1Cl. The van der Waals surface area contributed by atoms with E-state index in [1.807, 2.05) is 18.2 Å². The van der Waals surface area contributed by atoms with Gasteiger partial charge in [-0.2, -0.15) is 0 Å². The molecular weight excluding hydrogens is 234 g/mol. The van der Waals surface area contributed by atoms with Crippen molar-refractivity contribution in [2.24, 2.45) is 0 Å². The highest BCUT2D eigenvalue weighted by Gasteiger charge is 2.10. The van der Waals surface area contributed by atoms with Crippen molar-refractivity contribution < 1.29 is 4.74 Å². The minimum Gasteiger partial charge on any atom is -0.491 e. The zero-order valence-corrected chi connectivity index (χ0v) is 11.8. The van der Waals surface area contributed by atoms with Gasteiger partial charge in [-0.25, -0.2) is 0 Å². The van der Waals surface area contributed by atoms with Gasteiger partial charge in [0.25, 0.3) is 0 Å². The fourth-order valence-corrected chi connectivity index (χ4v) is 2.00. The van der Waals surface area contributed by atoms with Gasteiger partial charge in [-0.05, 0) is 44.5 Å². The topological polar surface area (TPSA) is 21.3 Å². The van der Waals surface area contributed by atoms with Gasteiger partial charge in [0, 0.05) is 11.1 Å². The fraction of sp³-hybridized carbons (Fsp3) is 0.571. The summed E-state index contributed by atoms with van der Waals surface area (Å²) in [4.78, 5) is 0. The molecule has 0 spiro atoms. The first-order chi connectivity index (χ1) is 8.08. The molecule has 0 aromatic heterocycles. The van der Waals surface area contributed by atoms with Crippen LogP contribution in [0.3, 0.4) is 0 Å². The van der Waals surface area contributed by atoms with E-state index in [4.69, 9.17) is 16.3 Å². The molecule has 2 atom stereocenters. The molecule has 96 valence electrons. The maximum atomic E-state index is 6.27. The molecule has 0 fully saturated rings. The van der Waals surface area contributed by atoms with Crippen LogP contribution in [0.1, 0.15) is 45.7 Å². The molecule has 0 saturated carbocycles. The standard InChI is InChI=1S/C14H22ClNO/c1-5-10(3)17-12-7-8-13(14(15)9-12)11(4)16-6-2/h7-11,16H,5-6H2,1-4H3. The van der Waals surface area contributed by atoms with E-state index < -0.39 is 0 Å². The molecule has 0 aliphatic carbocycles. The maximum absolute atomic E-state index is 6.27. The highest BCUT2D eigenvalue weighted by molar-refractivity contribution is 6.31. The van der Waals surface area contributed by atoms with Gasteiger partial charge in [0.2, 0.25) is 0 Å². The molecule has 3 heteroatoms. The van der Waals surface area contributed by atoms with Crippen LogP contribution in [-0.4, -0.2) is 12.6 Å². The Labute approximate surface area is 109 Å². The Morgan fingerprint density at radius 3 is 2.53 bits per heavy atom. The smallest absolute Gasteiger partial charge is 0.121 e. The molecular formula is C14H22ClNO. The minimum absolute atomic E-state index is 0.225. The van der Waals surface area contributed by atoms with Gasteiger partial charge in [-0.3, -0.25) is 0 Å². The summed E-state index contributed by atoms with van der Waals surface area (Å²) >= 11 is 6.27. The minimum atomic E-state index is 0.225. The number of ether oxygens (including phenoxy) is 1. The van der Waals surface area contributed by atoms with Gasteiger partial charge in [-0.15, -0.1) is 0 Å². The zero-order valence-electron chi connectivity index (χ0n) is 11.1. The number of benzene rings is 1. The van der Waals surface area contributed by atoms with Crippen LogP contribution in [0.4, 0.5) is 0 Å². The summed E-state index contributed by atoms with van der Waals surface area (Å²) in [6.45, 7) is 9.30. The highest BCUT2D eigenvalue weighted by atomic mass is 35.5. The Balaban J connectivity index is 2.78. The van der Waals surface area contributed by atoms with E-state index in [0.717, 1.165) is 29.3 Å². The molecule has 0 aliphatic heterocycles. The molecule has 1 rings (SSSR count). The Kier molecular flexibility index (Phi) is 5.79. The molecule has 1 N–H and O–H groups in total. The lowest BCUT2D eigenvalue weighted by molar-refractivity contribution is 0.217. The van der Waals surface area contributed by atoms with E-state index in [1.165, 1.54) is 0 Å². The lowest BCUT2D eigenvalue weighted by atomic mass is 10.1. The van der Waals surface area contributed by atoms with Gasteiger partial charge in [0.15, 0.2) is 0 Å². The molecule has 0 aliphatic rings. The number of halogens is 1. The van der Waals surface area contributed by atoms with Crippen LogP contribution in [0.5, 0.6) is 5.75 Å². The third-order valence-electron chi connectivity index (χ3n) is 2.86. The summed E-state index contributed by atoms with van der Waals surface area (Å²) in [5.41, 5.74) is 1.12. The highest BCUT2D eigenvalue weighted by Crippen LogP contribution is 2.27. The van der Waals surface area contributed by atoms with Crippen molar-refractivity contribution >= 4 is 11.6 Å². The van der Waals surface area contributed by atoms with Crippen LogP contribution in [0, 0.1) is 0 Å². The van der Waals surface area contributed by atoms with E-state index >= 15 is 0 Å². The molecule has 2 unspecified atom stereocenters. The van der Waals surface area contributed by atoms with Crippen molar-refractivity contribution in [1.29, 1.82) is 0 Å². The van der Waals surface area contributed by atoms with Crippen molar-refractivity contribution in [3.63, 3.8) is 0 Å². The van der Waals surface area contributed by atoms with Gasteiger partial charge in [-0.1, -0.05) is 31.5 Å². The van der Waals surface area contributed by atoms with Gasteiger partial charge >= 0.3 is 0 Å².